The van der Waals surface area contributed by atoms with E-state index in [9.17, 15) is 0 Å². The highest BCUT2D eigenvalue weighted by Gasteiger charge is 2.06. The van der Waals surface area contributed by atoms with Gasteiger partial charge in [-0.25, -0.2) is 0 Å². The first-order valence-corrected chi connectivity index (χ1v) is 5.27. The molecule has 0 fully saturated rings. The molecule has 0 heterocycles. The molecule has 1 aromatic rings. The summed E-state index contributed by atoms with van der Waals surface area (Å²) in [4.78, 5) is 1.12. The Bertz CT molecular complexity index is 495. The lowest BCUT2D eigenvalue weighted by Gasteiger charge is -2.03. The minimum Gasteiger partial charge on any atom is -0.313 e. The summed E-state index contributed by atoms with van der Waals surface area (Å²) in [6.45, 7) is 0. The van der Waals surface area contributed by atoms with Crippen LogP contribution < -0.4 is 4.90 Å². The van der Waals surface area contributed by atoms with Gasteiger partial charge in [0.05, 0.1) is 20.3 Å². The van der Waals surface area contributed by atoms with Crippen molar-refractivity contribution in [2.45, 2.75) is 0 Å². The normalized spacial score (nSPS) is 9.94. The fraction of sp³-hybridized carbons (Fsp3) is 0.143. The third-order valence-electron chi connectivity index (χ3n) is 2.16. The van der Waals surface area contributed by atoms with Crippen LogP contribution in [0.5, 0.6) is 0 Å². The van der Waals surface area contributed by atoms with Crippen molar-refractivity contribution in [2.75, 3.05) is 14.1 Å². The van der Waals surface area contributed by atoms with Crippen molar-refractivity contribution in [3.8, 4) is 12.1 Å². The van der Waals surface area contributed by atoms with E-state index in [0.29, 0.717) is 5.57 Å². The summed E-state index contributed by atoms with van der Waals surface area (Å²) in [7, 11) is 3.94. The Morgan fingerprint density at radius 1 is 1.12 bits per heavy atom. The van der Waals surface area contributed by atoms with Crippen molar-refractivity contribution in [2.24, 2.45) is 0 Å². The van der Waals surface area contributed by atoms with Gasteiger partial charge in [-0.1, -0.05) is 30.3 Å². The first-order valence-electron chi connectivity index (χ1n) is 5.27. The maximum absolute atomic E-state index is 8.95. The summed E-state index contributed by atoms with van der Waals surface area (Å²) in [6.07, 6.45) is 3.71. The van der Waals surface area contributed by atoms with E-state index in [1.54, 1.807) is 0 Å². The molecular weight excluding hydrogens is 210 g/mol. The van der Waals surface area contributed by atoms with E-state index in [2.05, 4.69) is 0 Å². The summed E-state index contributed by atoms with van der Waals surface area (Å²) in [5, 5.41) is 17.9. The number of nitriles is 2. The van der Waals surface area contributed by atoms with E-state index in [4.69, 9.17) is 10.5 Å². The monoisotopic (exact) mass is 224 g/mol. The third-order valence-corrected chi connectivity index (χ3v) is 2.16. The van der Waals surface area contributed by atoms with Gasteiger partial charge in [0.25, 0.3) is 0 Å². The molecule has 1 aromatic carbocycles. The molecule has 1 rings (SSSR count). The van der Waals surface area contributed by atoms with Crippen LogP contribution in [-0.2, 0) is 0 Å². The van der Waals surface area contributed by atoms with Crippen molar-refractivity contribution in [3.05, 3.63) is 53.7 Å². The topological polar surface area (TPSA) is 52.0 Å². The number of rotatable bonds is 3. The van der Waals surface area contributed by atoms with Crippen LogP contribution in [0.25, 0.3) is 5.57 Å². The number of hydrogen-bond donors (Lipinski definition) is 1. The van der Waals surface area contributed by atoms with Crippen LogP contribution in [0.15, 0.2) is 48.2 Å². The lowest BCUT2D eigenvalue weighted by atomic mass is 10.0. The van der Waals surface area contributed by atoms with Crippen LogP contribution in [-0.4, -0.2) is 14.1 Å². The molecule has 0 atom stereocenters. The molecule has 17 heavy (non-hydrogen) atoms. The zero-order chi connectivity index (χ0) is 12.7. The number of quaternary nitrogens is 1. The van der Waals surface area contributed by atoms with E-state index in [-0.39, 0.29) is 5.57 Å². The van der Waals surface area contributed by atoms with Gasteiger partial charge < -0.3 is 4.90 Å². The molecule has 0 unspecified atom stereocenters. The number of hydrogen-bond acceptors (Lipinski definition) is 2. The SMILES string of the molecule is C[NH+](C)/C=C/C(=C(C#N)C#N)c1ccccc1. The standard InChI is InChI=1S/C14H13N3/c1-17(2)9-8-14(13(10-15)11-16)12-6-4-3-5-7-12/h3-9H,1-2H3/p+1/b9-8+. The first kappa shape index (κ1) is 12.7. The van der Waals surface area contributed by atoms with Gasteiger partial charge in [0.15, 0.2) is 0 Å². The van der Waals surface area contributed by atoms with Gasteiger partial charge in [-0.2, -0.15) is 10.5 Å². The Morgan fingerprint density at radius 2 is 1.71 bits per heavy atom. The summed E-state index contributed by atoms with van der Waals surface area (Å²) in [5.74, 6) is 0. The lowest BCUT2D eigenvalue weighted by molar-refractivity contribution is -0.801. The van der Waals surface area contributed by atoms with Crippen molar-refractivity contribution in [1.29, 1.82) is 10.5 Å². The van der Waals surface area contributed by atoms with Crippen molar-refractivity contribution < 1.29 is 4.90 Å². The fourth-order valence-electron chi connectivity index (χ4n) is 1.34. The van der Waals surface area contributed by atoms with Crippen LogP contribution in [0.2, 0.25) is 0 Å². The van der Waals surface area contributed by atoms with E-state index >= 15 is 0 Å². The Morgan fingerprint density at radius 3 is 2.18 bits per heavy atom. The first-order chi connectivity index (χ1) is 8.19. The summed E-state index contributed by atoms with van der Waals surface area (Å²) in [5.41, 5.74) is 1.67. The molecule has 0 aromatic heterocycles. The van der Waals surface area contributed by atoms with Gasteiger partial charge in [-0.15, -0.1) is 0 Å². The van der Waals surface area contributed by atoms with Crippen LogP contribution in [0.4, 0.5) is 0 Å². The van der Waals surface area contributed by atoms with E-state index in [1.165, 1.54) is 0 Å². The van der Waals surface area contributed by atoms with Crippen molar-refractivity contribution >= 4 is 5.57 Å². The molecule has 0 spiro atoms. The van der Waals surface area contributed by atoms with Crippen LogP contribution >= 0.6 is 0 Å². The molecular formula is C14H14N3+. The maximum atomic E-state index is 8.95. The van der Waals surface area contributed by atoms with Crippen LogP contribution in [0.3, 0.4) is 0 Å². The molecule has 3 nitrogen and oxygen atoms in total. The smallest absolute Gasteiger partial charge is 0.137 e. The Hall–Kier alpha value is -2.36. The number of nitrogens with one attached hydrogen (secondary N) is 1. The zero-order valence-corrected chi connectivity index (χ0v) is 9.94. The summed E-state index contributed by atoms with van der Waals surface area (Å²) < 4.78 is 0. The van der Waals surface area contributed by atoms with Crippen molar-refractivity contribution in [3.63, 3.8) is 0 Å². The highest BCUT2D eigenvalue weighted by Crippen LogP contribution is 2.19. The number of allylic oxidation sites excluding steroid dienone is 3. The molecule has 0 saturated heterocycles. The second-order valence-corrected chi connectivity index (χ2v) is 3.79. The van der Waals surface area contributed by atoms with Crippen LogP contribution in [0, 0.1) is 22.7 Å². The highest BCUT2D eigenvalue weighted by atomic mass is 15.0. The second kappa shape index (κ2) is 6.27. The minimum absolute atomic E-state index is 0.133. The van der Waals surface area contributed by atoms with Crippen LogP contribution in [0.1, 0.15) is 5.56 Å². The van der Waals surface area contributed by atoms with Gasteiger partial charge in [0.1, 0.15) is 17.7 Å². The minimum atomic E-state index is 0.133. The molecule has 0 bridgehead atoms. The highest BCUT2D eigenvalue weighted by molar-refractivity contribution is 5.81. The quantitative estimate of drug-likeness (QED) is 0.618. The molecule has 0 amide bonds. The second-order valence-electron chi connectivity index (χ2n) is 3.79. The lowest BCUT2D eigenvalue weighted by Crippen LogP contribution is -3.00. The zero-order valence-electron chi connectivity index (χ0n) is 9.94. The molecule has 0 aliphatic heterocycles. The molecule has 1 N–H and O–H groups in total. The largest absolute Gasteiger partial charge is 0.313 e. The Kier molecular flexibility index (Phi) is 4.69. The predicted octanol–water partition coefficient (Wildman–Crippen LogP) is 1.15. The molecule has 3 heteroatoms. The van der Waals surface area contributed by atoms with Gasteiger partial charge in [0, 0.05) is 11.6 Å². The molecule has 84 valence electrons. The van der Waals surface area contributed by atoms with E-state index < -0.39 is 0 Å². The fourth-order valence-corrected chi connectivity index (χ4v) is 1.34. The number of benzene rings is 1. The average molecular weight is 224 g/mol. The van der Waals surface area contributed by atoms with Gasteiger partial charge in [-0.05, 0) is 5.56 Å². The molecule has 0 aliphatic carbocycles. The third kappa shape index (κ3) is 3.61. The van der Waals surface area contributed by atoms with E-state index in [0.717, 1.165) is 10.5 Å². The molecule has 0 radical (unpaired) electrons. The molecule has 0 aliphatic rings. The molecule has 0 saturated carbocycles. The Labute approximate surface area is 102 Å². The van der Waals surface area contributed by atoms with Gasteiger partial charge in [-0.3, -0.25) is 0 Å². The van der Waals surface area contributed by atoms with Gasteiger partial charge in [0.2, 0.25) is 0 Å². The number of nitrogens with zero attached hydrogens (tertiary/aromatic N) is 2. The summed E-state index contributed by atoms with van der Waals surface area (Å²) >= 11 is 0. The summed E-state index contributed by atoms with van der Waals surface area (Å²) in [6, 6.07) is 13.3. The predicted molar refractivity (Wildman–Crippen MR) is 66.5 cm³/mol. The van der Waals surface area contributed by atoms with Gasteiger partial charge >= 0.3 is 0 Å². The van der Waals surface area contributed by atoms with E-state index in [1.807, 2.05) is 68.8 Å². The maximum Gasteiger partial charge on any atom is 0.137 e. The van der Waals surface area contributed by atoms with Crippen molar-refractivity contribution in [1.82, 2.24) is 0 Å². The average Bonchev–Trinajstić information content (AvgIpc) is 2.35. The Balaban J connectivity index is 3.29.